The predicted octanol–water partition coefficient (Wildman–Crippen LogP) is 1.06. The first-order valence-electron chi connectivity index (χ1n) is 4.06. The molecule has 1 unspecified atom stereocenters. The smallest absolute Gasteiger partial charge is 0.231 e. The van der Waals surface area contributed by atoms with Crippen LogP contribution in [0.1, 0.15) is 11.6 Å². The molecule has 12 heavy (non-hydrogen) atoms. The molecule has 3 nitrogen and oxygen atoms in total. The van der Waals surface area contributed by atoms with Crippen LogP contribution in [0.5, 0.6) is 11.5 Å². The maximum Gasteiger partial charge on any atom is 0.231 e. The molecule has 0 aliphatic carbocycles. The third-order valence-corrected chi connectivity index (χ3v) is 2.21. The van der Waals surface area contributed by atoms with Crippen LogP contribution in [0.15, 0.2) is 18.2 Å². The van der Waals surface area contributed by atoms with Crippen molar-refractivity contribution in [1.82, 2.24) is 5.32 Å². The second-order valence-corrected chi connectivity index (χ2v) is 3.07. The molecule has 1 N–H and O–H groups in total. The highest BCUT2D eigenvalue weighted by Crippen LogP contribution is 2.35. The molecule has 1 aromatic rings. The summed E-state index contributed by atoms with van der Waals surface area (Å²) >= 11 is 0. The Morgan fingerprint density at radius 1 is 1.25 bits per heavy atom. The molecule has 1 atom stereocenters. The number of ether oxygens (including phenoxy) is 2. The Labute approximate surface area is 70.3 Å². The van der Waals surface area contributed by atoms with E-state index in [1.807, 2.05) is 12.1 Å². The summed E-state index contributed by atoms with van der Waals surface area (Å²) in [7, 11) is 0. The fourth-order valence-electron chi connectivity index (χ4n) is 1.42. The van der Waals surface area contributed by atoms with E-state index in [9.17, 15) is 0 Å². The Morgan fingerprint density at radius 2 is 2.08 bits per heavy atom. The molecule has 0 aromatic heterocycles. The quantitative estimate of drug-likeness (QED) is 0.629. The van der Waals surface area contributed by atoms with Crippen LogP contribution in [0.25, 0.3) is 0 Å². The Kier molecular flexibility index (Phi) is 1.12. The maximum absolute atomic E-state index is 5.27. The van der Waals surface area contributed by atoms with Crippen molar-refractivity contribution < 1.29 is 9.47 Å². The van der Waals surface area contributed by atoms with E-state index < -0.39 is 0 Å². The van der Waals surface area contributed by atoms with E-state index in [2.05, 4.69) is 11.4 Å². The highest BCUT2D eigenvalue weighted by atomic mass is 16.7. The van der Waals surface area contributed by atoms with Crippen molar-refractivity contribution in [2.75, 3.05) is 13.3 Å². The van der Waals surface area contributed by atoms with Crippen molar-refractivity contribution in [2.45, 2.75) is 6.04 Å². The van der Waals surface area contributed by atoms with E-state index in [0.717, 1.165) is 18.0 Å². The van der Waals surface area contributed by atoms with Crippen molar-refractivity contribution in [3.63, 3.8) is 0 Å². The van der Waals surface area contributed by atoms with E-state index >= 15 is 0 Å². The average Bonchev–Trinajstić information content (AvgIpc) is 2.84. The summed E-state index contributed by atoms with van der Waals surface area (Å²) in [5, 5.41) is 3.25. The Hall–Kier alpha value is -1.22. The Morgan fingerprint density at radius 3 is 2.92 bits per heavy atom. The van der Waals surface area contributed by atoms with Gasteiger partial charge in [-0.15, -0.1) is 0 Å². The minimum Gasteiger partial charge on any atom is -0.454 e. The topological polar surface area (TPSA) is 40.4 Å². The number of benzene rings is 1. The molecule has 1 fully saturated rings. The van der Waals surface area contributed by atoms with Crippen molar-refractivity contribution in [3.8, 4) is 11.5 Å². The van der Waals surface area contributed by atoms with Crippen molar-refractivity contribution in [1.29, 1.82) is 0 Å². The summed E-state index contributed by atoms with van der Waals surface area (Å²) < 4.78 is 10.5. The molecule has 0 radical (unpaired) electrons. The molecule has 0 bridgehead atoms. The summed E-state index contributed by atoms with van der Waals surface area (Å²) in [5.74, 6) is 1.74. The molecular weight excluding hydrogens is 154 g/mol. The van der Waals surface area contributed by atoms with E-state index in [1.54, 1.807) is 0 Å². The van der Waals surface area contributed by atoms with Crippen LogP contribution in [0.2, 0.25) is 0 Å². The largest absolute Gasteiger partial charge is 0.454 e. The van der Waals surface area contributed by atoms with Crippen LogP contribution in [-0.4, -0.2) is 13.3 Å². The number of fused-ring (bicyclic) bond motifs is 1. The van der Waals surface area contributed by atoms with Crippen LogP contribution in [0, 0.1) is 0 Å². The molecule has 2 aliphatic rings. The Balaban J connectivity index is 2.03. The van der Waals surface area contributed by atoms with Crippen molar-refractivity contribution in [2.24, 2.45) is 0 Å². The van der Waals surface area contributed by atoms with Crippen LogP contribution < -0.4 is 14.8 Å². The first-order valence-corrected chi connectivity index (χ1v) is 4.06. The summed E-state index contributed by atoms with van der Waals surface area (Å²) in [6.07, 6.45) is 0. The van der Waals surface area contributed by atoms with Gasteiger partial charge < -0.3 is 14.8 Å². The first kappa shape index (κ1) is 6.31. The fraction of sp³-hybridized carbons (Fsp3) is 0.333. The van der Waals surface area contributed by atoms with Gasteiger partial charge in [0, 0.05) is 12.6 Å². The zero-order chi connectivity index (χ0) is 7.97. The SMILES string of the molecule is c1cc2c(cc1C1CN1)OCO2. The molecule has 0 saturated carbocycles. The van der Waals surface area contributed by atoms with E-state index in [-0.39, 0.29) is 0 Å². The number of rotatable bonds is 1. The van der Waals surface area contributed by atoms with Gasteiger partial charge in [0.1, 0.15) is 0 Å². The van der Waals surface area contributed by atoms with Gasteiger partial charge in [-0.05, 0) is 17.7 Å². The second-order valence-electron chi connectivity index (χ2n) is 3.07. The van der Waals surface area contributed by atoms with Gasteiger partial charge in [0.05, 0.1) is 0 Å². The van der Waals surface area contributed by atoms with E-state index in [4.69, 9.17) is 9.47 Å². The molecular formula is C9H9NO2. The lowest BCUT2D eigenvalue weighted by molar-refractivity contribution is 0.174. The first-order chi connectivity index (χ1) is 5.93. The van der Waals surface area contributed by atoms with Crippen LogP contribution in [-0.2, 0) is 0 Å². The third-order valence-electron chi connectivity index (χ3n) is 2.21. The third kappa shape index (κ3) is 0.865. The number of nitrogens with one attached hydrogen (secondary N) is 1. The molecule has 2 aliphatic heterocycles. The Bertz CT molecular complexity index is 320. The summed E-state index contributed by atoms with van der Waals surface area (Å²) in [6.45, 7) is 1.44. The van der Waals surface area contributed by atoms with E-state index in [1.165, 1.54) is 5.56 Å². The average molecular weight is 163 g/mol. The number of hydrogen-bond donors (Lipinski definition) is 1. The van der Waals surface area contributed by atoms with Gasteiger partial charge in [-0.3, -0.25) is 0 Å². The predicted molar refractivity (Wildman–Crippen MR) is 43.3 cm³/mol. The van der Waals surface area contributed by atoms with Crippen LogP contribution in [0.3, 0.4) is 0 Å². The fourth-order valence-corrected chi connectivity index (χ4v) is 1.42. The maximum atomic E-state index is 5.27. The van der Waals surface area contributed by atoms with Crippen molar-refractivity contribution >= 4 is 0 Å². The molecule has 62 valence electrons. The van der Waals surface area contributed by atoms with Gasteiger partial charge in [0.2, 0.25) is 6.79 Å². The molecule has 1 aromatic carbocycles. The minimum atomic E-state index is 0.358. The standard InChI is InChI=1S/C9H9NO2/c1-2-8-9(12-5-11-8)3-6(1)7-4-10-7/h1-3,7,10H,4-5H2. The van der Waals surface area contributed by atoms with Gasteiger partial charge in [-0.1, -0.05) is 6.07 Å². The van der Waals surface area contributed by atoms with Crippen LogP contribution >= 0.6 is 0 Å². The van der Waals surface area contributed by atoms with E-state index in [0.29, 0.717) is 12.8 Å². The zero-order valence-electron chi connectivity index (χ0n) is 6.54. The lowest BCUT2D eigenvalue weighted by Gasteiger charge is -1.98. The lowest BCUT2D eigenvalue weighted by Crippen LogP contribution is -1.92. The molecule has 2 heterocycles. The highest BCUT2D eigenvalue weighted by molar-refractivity contribution is 5.46. The monoisotopic (exact) mass is 163 g/mol. The van der Waals surface area contributed by atoms with Gasteiger partial charge in [0.25, 0.3) is 0 Å². The molecule has 3 rings (SSSR count). The van der Waals surface area contributed by atoms with Gasteiger partial charge in [-0.25, -0.2) is 0 Å². The van der Waals surface area contributed by atoms with Gasteiger partial charge in [0.15, 0.2) is 11.5 Å². The van der Waals surface area contributed by atoms with Crippen LogP contribution in [0.4, 0.5) is 0 Å². The van der Waals surface area contributed by atoms with Gasteiger partial charge in [-0.2, -0.15) is 0 Å². The minimum absolute atomic E-state index is 0.358. The second kappa shape index (κ2) is 2.14. The summed E-state index contributed by atoms with van der Waals surface area (Å²) in [6, 6.07) is 6.64. The molecule has 0 spiro atoms. The normalized spacial score (nSPS) is 24.2. The molecule has 3 heteroatoms. The highest BCUT2D eigenvalue weighted by Gasteiger charge is 2.24. The van der Waals surface area contributed by atoms with Gasteiger partial charge >= 0.3 is 0 Å². The zero-order valence-corrected chi connectivity index (χ0v) is 6.54. The lowest BCUT2D eigenvalue weighted by atomic mass is 10.1. The number of hydrogen-bond acceptors (Lipinski definition) is 3. The summed E-state index contributed by atoms with van der Waals surface area (Å²) in [5.41, 5.74) is 1.29. The molecule has 0 amide bonds. The molecule has 1 saturated heterocycles. The van der Waals surface area contributed by atoms with Crippen molar-refractivity contribution in [3.05, 3.63) is 23.8 Å². The summed E-state index contributed by atoms with van der Waals surface area (Å²) in [4.78, 5) is 0.